The number of sulfonamides is 1. The summed E-state index contributed by atoms with van der Waals surface area (Å²) in [5.74, 6) is 0.0700. The van der Waals surface area contributed by atoms with Gasteiger partial charge in [0, 0.05) is 19.1 Å². The number of hydrogen-bond donors (Lipinski definition) is 1. The van der Waals surface area contributed by atoms with Gasteiger partial charge in [0.15, 0.2) is 0 Å². The molecular weight excluding hydrogens is 272 g/mol. The molecular formula is C12H19ClN2O2S. The summed E-state index contributed by atoms with van der Waals surface area (Å²) >= 11 is 0. The van der Waals surface area contributed by atoms with Gasteiger partial charge in [-0.3, -0.25) is 0 Å². The van der Waals surface area contributed by atoms with Crippen molar-refractivity contribution in [3.63, 3.8) is 0 Å². The molecule has 0 aliphatic carbocycles. The Morgan fingerprint density at radius 1 is 1.28 bits per heavy atom. The Morgan fingerprint density at radius 2 is 1.94 bits per heavy atom. The second kappa shape index (κ2) is 6.52. The molecule has 102 valence electrons. The topological polar surface area (TPSA) is 63.4 Å². The molecule has 1 unspecified atom stereocenters. The summed E-state index contributed by atoms with van der Waals surface area (Å²) in [6.07, 6.45) is 1.77. The fourth-order valence-corrected chi connectivity index (χ4v) is 3.72. The van der Waals surface area contributed by atoms with Crippen molar-refractivity contribution in [2.45, 2.75) is 24.6 Å². The normalized spacial score (nSPS) is 21.3. The van der Waals surface area contributed by atoms with Gasteiger partial charge in [0.2, 0.25) is 10.0 Å². The second-order valence-electron chi connectivity index (χ2n) is 4.50. The summed E-state index contributed by atoms with van der Waals surface area (Å²) in [5.41, 5.74) is 6.63. The van der Waals surface area contributed by atoms with Crippen LogP contribution in [-0.4, -0.2) is 31.9 Å². The van der Waals surface area contributed by atoms with Crippen molar-refractivity contribution in [3.8, 4) is 0 Å². The minimum absolute atomic E-state index is 0. The van der Waals surface area contributed by atoms with E-state index in [1.54, 1.807) is 0 Å². The smallest absolute Gasteiger partial charge is 0.218 e. The molecule has 4 nitrogen and oxygen atoms in total. The molecule has 18 heavy (non-hydrogen) atoms. The number of benzene rings is 1. The fourth-order valence-electron chi connectivity index (χ4n) is 2.10. The van der Waals surface area contributed by atoms with E-state index >= 15 is 0 Å². The van der Waals surface area contributed by atoms with Gasteiger partial charge in [-0.2, -0.15) is 0 Å². The van der Waals surface area contributed by atoms with Crippen molar-refractivity contribution < 1.29 is 8.42 Å². The standard InChI is InChI=1S/C12H18N2O2S.ClH/c13-12-7-4-8-14(9-12)17(15,16)10-11-5-2-1-3-6-11;/h1-3,5-6,12H,4,7-10,13H2;1H. The Balaban J connectivity index is 0.00000162. The molecule has 2 rings (SSSR count). The largest absolute Gasteiger partial charge is 0.327 e. The Hall–Kier alpha value is -0.620. The number of nitrogens with zero attached hydrogens (tertiary/aromatic N) is 1. The molecule has 0 saturated carbocycles. The zero-order valence-electron chi connectivity index (χ0n) is 10.2. The lowest BCUT2D eigenvalue weighted by Crippen LogP contribution is -2.46. The van der Waals surface area contributed by atoms with Crippen LogP contribution in [0.3, 0.4) is 0 Å². The highest BCUT2D eigenvalue weighted by molar-refractivity contribution is 7.88. The minimum Gasteiger partial charge on any atom is -0.327 e. The van der Waals surface area contributed by atoms with E-state index in [4.69, 9.17) is 5.73 Å². The van der Waals surface area contributed by atoms with Crippen molar-refractivity contribution in [1.29, 1.82) is 0 Å². The van der Waals surface area contributed by atoms with Gasteiger partial charge in [-0.15, -0.1) is 12.4 Å². The van der Waals surface area contributed by atoms with Crippen LogP contribution in [0.1, 0.15) is 18.4 Å². The lowest BCUT2D eigenvalue weighted by Gasteiger charge is -2.29. The van der Waals surface area contributed by atoms with E-state index in [0.29, 0.717) is 13.1 Å². The van der Waals surface area contributed by atoms with Gasteiger partial charge in [0.05, 0.1) is 5.75 Å². The molecule has 0 bridgehead atoms. The number of rotatable bonds is 3. The van der Waals surface area contributed by atoms with Gasteiger partial charge < -0.3 is 5.73 Å². The SMILES string of the molecule is Cl.NC1CCCN(S(=O)(=O)Cc2ccccc2)C1. The Labute approximate surface area is 115 Å². The van der Waals surface area contributed by atoms with Gasteiger partial charge >= 0.3 is 0 Å². The summed E-state index contributed by atoms with van der Waals surface area (Å²) in [5, 5.41) is 0. The van der Waals surface area contributed by atoms with Gasteiger partial charge in [-0.25, -0.2) is 12.7 Å². The summed E-state index contributed by atoms with van der Waals surface area (Å²) < 4.78 is 25.9. The third-order valence-corrected chi connectivity index (χ3v) is 4.82. The van der Waals surface area contributed by atoms with Crippen LogP contribution in [0.25, 0.3) is 0 Å². The number of hydrogen-bond acceptors (Lipinski definition) is 3. The summed E-state index contributed by atoms with van der Waals surface area (Å²) in [6, 6.07) is 9.24. The lowest BCUT2D eigenvalue weighted by atomic mass is 10.1. The average Bonchev–Trinajstić information content (AvgIpc) is 2.30. The van der Waals surface area contributed by atoms with Crippen LogP contribution in [0.2, 0.25) is 0 Å². The van der Waals surface area contributed by atoms with Crippen molar-refractivity contribution in [3.05, 3.63) is 35.9 Å². The molecule has 0 amide bonds. The van der Waals surface area contributed by atoms with Crippen LogP contribution in [0.15, 0.2) is 30.3 Å². The molecule has 1 aliphatic rings. The minimum atomic E-state index is -3.22. The van der Waals surface area contributed by atoms with Gasteiger partial charge in [-0.1, -0.05) is 30.3 Å². The second-order valence-corrected chi connectivity index (χ2v) is 6.47. The fraction of sp³-hybridized carbons (Fsp3) is 0.500. The summed E-state index contributed by atoms with van der Waals surface area (Å²) in [4.78, 5) is 0. The number of halogens is 1. The Morgan fingerprint density at radius 3 is 2.56 bits per heavy atom. The molecule has 1 heterocycles. The van der Waals surface area contributed by atoms with Gasteiger partial charge in [0.1, 0.15) is 0 Å². The first-order chi connectivity index (χ1) is 8.08. The highest BCUT2D eigenvalue weighted by Gasteiger charge is 2.27. The van der Waals surface area contributed by atoms with E-state index in [1.807, 2.05) is 30.3 Å². The van der Waals surface area contributed by atoms with Gasteiger partial charge in [-0.05, 0) is 18.4 Å². The molecule has 0 radical (unpaired) electrons. The number of piperidine rings is 1. The molecule has 0 spiro atoms. The number of nitrogens with two attached hydrogens (primary N) is 1. The predicted molar refractivity (Wildman–Crippen MR) is 75.1 cm³/mol. The van der Waals surface area contributed by atoms with E-state index in [2.05, 4.69) is 0 Å². The maximum Gasteiger partial charge on any atom is 0.218 e. The maximum absolute atomic E-state index is 12.2. The molecule has 2 N–H and O–H groups in total. The molecule has 1 aliphatic heterocycles. The van der Waals surface area contributed by atoms with Crippen LogP contribution in [0.4, 0.5) is 0 Å². The van der Waals surface area contributed by atoms with Gasteiger partial charge in [0.25, 0.3) is 0 Å². The zero-order valence-corrected chi connectivity index (χ0v) is 11.8. The molecule has 1 atom stereocenters. The van der Waals surface area contributed by atoms with E-state index in [1.165, 1.54) is 4.31 Å². The molecule has 1 aromatic rings. The molecule has 1 aromatic carbocycles. The first-order valence-electron chi connectivity index (χ1n) is 5.85. The van der Waals surface area contributed by atoms with E-state index in [-0.39, 0.29) is 24.2 Å². The molecule has 1 saturated heterocycles. The first-order valence-corrected chi connectivity index (χ1v) is 7.46. The maximum atomic E-state index is 12.2. The highest BCUT2D eigenvalue weighted by atomic mass is 35.5. The van der Waals surface area contributed by atoms with E-state index in [9.17, 15) is 8.42 Å². The van der Waals surface area contributed by atoms with Crippen LogP contribution in [0.5, 0.6) is 0 Å². The third kappa shape index (κ3) is 3.95. The highest BCUT2D eigenvalue weighted by Crippen LogP contribution is 2.16. The monoisotopic (exact) mass is 290 g/mol. The van der Waals surface area contributed by atoms with Crippen LogP contribution >= 0.6 is 12.4 Å². The first kappa shape index (κ1) is 15.4. The summed E-state index contributed by atoms with van der Waals surface area (Å²) in [7, 11) is -3.22. The average molecular weight is 291 g/mol. The van der Waals surface area contributed by atoms with Crippen molar-refractivity contribution in [2.75, 3.05) is 13.1 Å². The molecule has 1 fully saturated rings. The lowest BCUT2D eigenvalue weighted by molar-refractivity contribution is 0.316. The van der Waals surface area contributed by atoms with E-state index < -0.39 is 10.0 Å². The van der Waals surface area contributed by atoms with E-state index in [0.717, 1.165) is 18.4 Å². The molecule has 6 heteroatoms. The van der Waals surface area contributed by atoms with Crippen LogP contribution < -0.4 is 5.73 Å². The zero-order chi connectivity index (χ0) is 12.3. The molecule has 0 aromatic heterocycles. The van der Waals surface area contributed by atoms with Crippen LogP contribution in [-0.2, 0) is 15.8 Å². The Kier molecular flexibility index (Phi) is 5.59. The summed E-state index contributed by atoms with van der Waals surface area (Å²) in [6.45, 7) is 1.05. The quantitative estimate of drug-likeness (QED) is 0.914. The van der Waals surface area contributed by atoms with Crippen molar-refractivity contribution in [2.24, 2.45) is 5.73 Å². The predicted octanol–water partition coefficient (Wildman–Crippen LogP) is 1.36. The third-order valence-electron chi connectivity index (χ3n) is 3.01. The van der Waals surface area contributed by atoms with Crippen molar-refractivity contribution >= 4 is 22.4 Å². The van der Waals surface area contributed by atoms with Crippen LogP contribution in [0, 0.1) is 0 Å². The Bertz CT molecular complexity index is 464. The van der Waals surface area contributed by atoms with Crippen molar-refractivity contribution in [1.82, 2.24) is 4.31 Å².